The van der Waals surface area contributed by atoms with Gasteiger partial charge in [0, 0.05) is 30.7 Å². The second-order valence-corrected chi connectivity index (χ2v) is 7.28. The van der Waals surface area contributed by atoms with E-state index in [1.165, 1.54) is 17.3 Å². The first kappa shape index (κ1) is 18.5. The first-order valence-electron chi connectivity index (χ1n) is 8.84. The first-order chi connectivity index (χ1) is 12.5. The number of aryl methyl sites for hydroxylation is 2. The maximum Gasteiger partial charge on any atom is 0.266 e. The molecule has 1 aliphatic heterocycles. The highest BCUT2D eigenvalue weighted by Gasteiger charge is 2.32. The molecule has 6 heteroatoms. The minimum Gasteiger partial charge on any atom is -0.303 e. The lowest BCUT2D eigenvalue weighted by molar-refractivity contribution is -0.122. The van der Waals surface area contributed by atoms with Gasteiger partial charge in [0.1, 0.15) is 5.82 Å². The summed E-state index contributed by atoms with van der Waals surface area (Å²) in [6.07, 6.45) is 3.80. The van der Waals surface area contributed by atoms with E-state index in [0.29, 0.717) is 13.1 Å². The Morgan fingerprint density at radius 1 is 1.23 bits per heavy atom. The molecule has 136 valence electrons. The highest BCUT2D eigenvalue weighted by Crippen LogP contribution is 2.33. The van der Waals surface area contributed by atoms with Crippen molar-refractivity contribution in [3.63, 3.8) is 0 Å². The Kier molecular flexibility index (Phi) is 5.32. The van der Waals surface area contributed by atoms with Gasteiger partial charge in [-0.3, -0.25) is 14.7 Å². The van der Waals surface area contributed by atoms with Crippen molar-refractivity contribution in [1.82, 2.24) is 14.5 Å². The molecule has 0 unspecified atom stereocenters. The largest absolute Gasteiger partial charge is 0.303 e. The molecule has 26 heavy (non-hydrogen) atoms. The zero-order valence-corrected chi connectivity index (χ0v) is 16.7. The molecule has 3 rings (SSSR count). The van der Waals surface area contributed by atoms with Gasteiger partial charge in [-0.15, -0.1) is 0 Å². The van der Waals surface area contributed by atoms with E-state index in [2.05, 4.69) is 47.4 Å². The molecule has 0 bridgehead atoms. The number of carbonyl (C=O) groups excluding carboxylic acids is 1. The Hall–Kier alpha value is -2.34. The van der Waals surface area contributed by atoms with Crippen molar-refractivity contribution >= 4 is 28.9 Å². The molecule has 5 nitrogen and oxygen atoms in total. The maximum absolute atomic E-state index is 12.7. The predicted octanol–water partition coefficient (Wildman–Crippen LogP) is 4.11. The Balaban J connectivity index is 2.02. The third-order valence-electron chi connectivity index (χ3n) is 4.38. The average Bonchev–Trinajstić information content (AvgIpc) is 3.04. The van der Waals surface area contributed by atoms with E-state index in [4.69, 9.17) is 0 Å². The summed E-state index contributed by atoms with van der Waals surface area (Å²) in [4.78, 5) is 24.1. The van der Waals surface area contributed by atoms with Gasteiger partial charge in [0.25, 0.3) is 5.91 Å². The molecule has 0 saturated carbocycles. The smallest absolute Gasteiger partial charge is 0.266 e. The van der Waals surface area contributed by atoms with E-state index in [0.717, 1.165) is 32.8 Å². The van der Waals surface area contributed by atoms with Crippen LogP contribution in [0, 0.1) is 20.8 Å². The summed E-state index contributed by atoms with van der Waals surface area (Å²) >= 11 is 1.46. The summed E-state index contributed by atoms with van der Waals surface area (Å²) in [5.74, 6) is 0.932. The van der Waals surface area contributed by atoms with Gasteiger partial charge in [-0.25, -0.2) is 4.98 Å². The van der Waals surface area contributed by atoms with Gasteiger partial charge in [0.2, 0.25) is 0 Å². The van der Waals surface area contributed by atoms with Crippen LogP contribution in [0.1, 0.15) is 36.4 Å². The fraction of sp³-hybridized carbons (Fsp3) is 0.350. The Morgan fingerprint density at radius 2 is 2.00 bits per heavy atom. The number of pyridine rings is 1. The molecule has 3 heterocycles. The van der Waals surface area contributed by atoms with Gasteiger partial charge in [0.15, 0.2) is 5.17 Å². The van der Waals surface area contributed by atoms with E-state index < -0.39 is 0 Å². The average molecular weight is 369 g/mol. The number of hydrogen-bond acceptors (Lipinski definition) is 4. The molecule has 0 atom stereocenters. The fourth-order valence-electron chi connectivity index (χ4n) is 3.11. The minimum atomic E-state index is 0.0307. The topological polar surface area (TPSA) is 50.5 Å². The Labute approximate surface area is 158 Å². The van der Waals surface area contributed by atoms with Gasteiger partial charge in [-0.05, 0) is 81.8 Å². The minimum absolute atomic E-state index is 0.0307. The third kappa shape index (κ3) is 3.33. The van der Waals surface area contributed by atoms with Crippen LogP contribution in [0.15, 0.2) is 34.3 Å². The van der Waals surface area contributed by atoms with Gasteiger partial charge in [0.05, 0.1) is 4.91 Å². The molecule has 0 N–H and O–H groups in total. The second-order valence-electron chi connectivity index (χ2n) is 6.27. The van der Waals surface area contributed by atoms with Crippen LogP contribution in [0.3, 0.4) is 0 Å². The van der Waals surface area contributed by atoms with E-state index in [-0.39, 0.29) is 5.91 Å². The van der Waals surface area contributed by atoms with Crippen molar-refractivity contribution in [3.8, 4) is 5.82 Å². The number of amidine groups is 1. The molecule has 1 saturated heterocycles. The number of aromatic nitrogens is 2. The molecule has 0 radical (unpaired) electrons. The van der Waals surface area contributed by atoms with Crippen LogP contribution in [0.2, 0.25) is 0 Å². The predicted molar refractivity (Wildman–Crippen MR) is 109 cm³/mol. The van der Waals surface area contributed by atoms with Crippen LogP contribution in [0.5, 0.6) is 0 Å². The Morgan fingerprint density at radius 3 is 2.65 bits per heavy atom. The monoisotopic (exact) mass is 368 g/mol. The molecule has 1 fully saturated rings. The molecular weight excluding hydrogens is 344 g/mol. The van der Waals surface area contributed by atoms with Crippen LogP contribution in [-0.4, -0.2) is 38.6 Å². The normalized spacial score (nSPS) is 17.7. The number of nitrogens with zero attached hydrogens (tertiary/aromatic N) is 4. The molecule has 0 aliphatic carbocycles. The van der Waals surface area contributed by atoms with Crippen LogP contribution in [-0.2, 0) is 4.79 Å². The number of thioether (sulfide) groups is 1. The molecule has 2 aromatic rings. The van der Waals surface area contributed by atoms with Gasteiger partial charge in [-0.2, -0.15) is 0 Å². The fourth-order valence-corrected chi connectivity index (χ4v) is 4.21. The highest BCUT2D eigenvalue weighted by molar-refractivity contribution is 8.18. The van der Waals surface area contributed by atoms with Gasteiger partial charge >= 0.3 is 0 Å². The van der Waals surface area contributed by atoms with E-state index >= 15 is 0 Å². The van der Waals surface area contributed by atoms with Crippen molar-refractivity contribution < 1.29 is 4.79 Å². The highest BCUT2D eigenvalue weighted by atomic mass is 32.2. The summed E-state index contributed by atoms with van der Waals surface area (Å²) in [6.45, 7) is 11.4. The molecule has 0 aromatic carbocycles. The number of rotatable bonds is 4. The van der Waals surface area contributed by atoms with Crippen molar-refractivity contribution in [2.75, 3.05) is 13.1 Å². The van der Waals surface area contributed by atoms with Crippen LogP contribution >= 0.6 is 11.8 Å². The standard InChI is InChI=1S/C20H24N4OS/c1-6-21-20-23(7-2)19(25)17(26-20)12-16-11-14(4)24(15(16)5)18-10-13(3)8-9-22-18/h8-12H,6-7H2,1-5H3/b17-12+,21-20?. The number of aliphatic imine (C=N–C) groups is 1. The SMILES string of the molecule is CCN=C1S/C(=C/c2cc(C)n(-c3cc(C)ccn3)c2C)C(=O)N1CC. The third-order valence-corrected chi connectivity index (χ3v) is 5.43. The zero-order valence-electron chi connectivity index (χ0n) is 15.9. The lowest BCUT2D eigenvalue weighted by Gasteiger charge is -2.11. The maximum atomic E-state index is 12.7. The van der Waals surface area contributed by atoms with Crippen LogP contribution in [0.25, 0.3) is 11.9 Å². The molecule has 1 amide bonds. The van der Waals surface area contributed by atoms with Gasteiger partial charge < -0.3 is 4.57 Å². The number of amides is 1. The molecule has 0 spiro atoms. The summed E-state index contributed by atoms with van der Waals surface area (Å²) in [5.41, 5.74) is 4.38. The van der Waals surface area contributed by atoms with Crippen molar-refractivity contribution in [2.24, 2.45) is 4.99 Å². The molecule has 1 aliphatic rings. The van der Waals surface area contributed by atoms with Gasteiger partial charge in [-0.1, -0.05) is 0 Å². The molecule has 2 aromatic heterocycles. The molecular formula is C20H24N4OS. The van der Waals surface area contributed by atoms with Crippen molar-refractivity contribution in [2.45, 2.75) is 34.6 Å². The van der Waals surface area contributed by atoms with E-state index in [1.807, 2.05) is 32.2 Å². The Bertz CT molecular complexity index is 911. The lowest BCUT2D eigenvalue weighted by Crippen LogP contribution is -2.28. The summed E-state index contributed by atoms with van der Waals surface area (Å²) in [5, 5.41) is 0.792. The summed E-state index contributed by atoms with van der Waals surface area (Å²) < 4.78 is 2.13. The second kappa shape index (κ2) is 7.50. The summed E-state index contributed by atoms with van der Waals surface area (Å²) in [6, 6.07) is 6.16. The summed E-state index contributed by atoms with van der Waals surface area (Å²) in [7, 11) is 0. The van der Waals surface area contributed by atoms with Crippen LogP contribution < -0.4 is 0 Å². The zero-order chi connectivity index (χ0) is 18.8. The van der Waals surface area contributed by atoms with E-state index in [1.54, 1.807) is 4.90 Å². The number of carbonyl (C=O) groups is 1. The van der Waals surface area contributed by atoms with Crippen LogP contribution in [0.4, 0.5) is 0 Å². The van der Waals surface area contributed by atoms with Crippen molar-refractivity contribution in [3.05, 3.63) is 51.8 Å². The quantitative estimate of drug-likeness (QED) is 0.763. The van der Waals surface area contributed by atoms with E-state index in [9.17, 15) is 4.79 Å². The lowest BCUT2D eigenvalue weighted by atomic mass is 10.2. The first-order valence-corrected chi connectivity index (χ1v) is 9.65. The number of hydrogen-bond donors (Lipinski definition) is 0. The van der Waals surface area contributed by atoms with Crippen molar-refractivity contribution in [1.29, 1.82) is 0 Å². The number of likely N-dealkylation sites (N-methyl/N-ethyl adjacent to an activating group) is 1.